The lowest BCUT2D eigenvalue weighted by Crippen LogP contribution is -2.43. The molecule has 3 rings (SSSR count). The number of anilines is 1. The van der Waals surface area contributed by atoms with Gasteiger partial charge in [-0.2, -0.15) is 0 Å². The number of rotatable bonds is 5. The van der Waals surface area contributed by atoms with Gasteiger partial charge in [0.2, 0.25) is 0 Å². The van der Waals surface area contributed by atoms with Gasteiger partial charge in [0.05, 0.1) is 5.69 Å². The summed E-state index contributed by atoms with van der Waals surface area (Å²) in [5.41, 5.74) is 1.38. The Hall–Kier alpha value is -1.88. The quantitative estimate of drug-likeness (QED) is 0.782. The van der Waals surface area contributed by atoms with Crippen molar-refractivity contribution in [1.29, 1.82) is 0 Å². The predicted octanol–water partition coefficient (Wildman–Crippen LogP) is 2.10. The van der Waals surface area contributed by atoms with Gasteiger partial charge in [-0.1, -0.05) is 6.92 Å². The van der Waals surface area contributed by atoms with Crippen LogP contribution < -0.4 is 9.64 Å². The lowest BCUT2D eigenvalue weighted by Gasteiger charge is -2.31. The molecular weight excluding hydrogens is 280 g/mol. The zero-order valence-electron chi connectivity index (χ0n) is 13.0. The van der Waals surface area contributed by atoms with Crippen LogP contribution in [0.2, 0.25) is 0 Å². The highest BCUT2D eigenvalue weighted by Gasteiger charge is 2.27. The highest BCUT2D eigenvalue weighted by Crippen LogP contribution is 2.33. The van der Waals surface area contributed by atoms with Crippen LogP contribution in [0.5, 0.6) is 5.75 Å². The standard InChI is InChI=1S/C17H22N2O3/c1-2-15(20)13-5-6-16-14(11-13)19(17(21)12-22-16)10-9-18-7-3-4-8-18/h5-6,11H,2-4,7-10,12H2,1H3. The Kier molecular flexibility index (Phi) is 4.43. The van der Waals surface area contributed by atoms with Crippen LogP contribution in [0, 0.1) is 0 Å². The molecule has 1 aromatic carbocycles. The van der Waals surface area contributed by atoms with Crippen molar-refractivity contribution >= 4 is 17.4 Å². The average Bonchev–Trinajstić information content (AvgIpc) is 3.06. The minimum absolute atomic E-state index is 0.0344. The molecular formula is C17H22N2O3. The monoisotopic (exact) mass is 302 g/mol. The van der Waals surface area contributed by atoms with E-state index in [0.717, 1.165) is 25.3 Å². The summed E-state index contributed by atoms with van der Waals surface area (Å²) in [5, 5.41) is 0. The summed E-state index contributed by atoms with van der Waals surface area (Å²) in [5.74, 6) is 0.738. The van der Waals surface area contributed by atoms with Gasteiger partial charge in [0.1, 0.15) is 5.75 Å². The molecule has 2 aliphatic rings. The van der Waals surface area contributed by atoms with Crippen molar-refractivity contribution < 1.29 is 14.3 Å². The van der Waals surface area contributed by atoms with Crippen LogP contribution >= 0.6 is 0 Å². The van der Waals surface area contributed by atoms with Gasteiger partial charge in [0.25, 0.3) is 5.91 Å². The molecule has 22 heavy (non-hydrogen) atoms. The highest BCUT2D eigenvalue weighted by molar-refractivity contribution is 6.01. The molecule has 0 spiro atoms. The highest BCUT2D eigenvalue weighted by atomic mass is 16.5. The Labute approximate surface area is 130 Å². The Bertz CT molecular complexity index is 579. The smallest absolute Gasteiger partial charge is 0.265 e. The number of hydrogen-bond donors (Lipinski definition) is 0. The fourth-order valence-corrected chi connectivity index (χ4v) is 3.07. The fourth-order valence-electron chi connectivity index (χ4n) is 3.07. The maximum Gasteiger partial charge on any atom is 0.265 e. The second kappa shape index (κ2) is 6.48. The molecule has 0 atom stereocenters. The van der Waals surface area contributed by atoms with E-state index >= 15 is 0 Å². The van der Waals surface area contributed by atoms with Crippen LogP contribution in [0.4, 0.5) is 5.69 Å². The van der Waals surface area contributed by atoms with E-state index in [-0.39, 0.29) is 18.3 Å². The third-order valence-corrected chi connectivity index (χ3v) is 4.38. The SMILES string of the molecule is CCC(=O)c1ccc2c(c1)N(CCN1CCCC1)C(=O)CO2. The Morgan fingerprint density at radius 2 is 2.00 bits per heavy atom. The summed E-state index contributed by atoms with van der Waals surface area (Å²) in [7, 11) is 0. The zero-order chi connectivity index (χ0) is 15.5. The molecule has 2 heterocycles. The first-order chi connectivity index (χ1) is 10.7. The van der Waals surface area contributed by atoms with Crippen molar-refractivity contribution in [1.82, 2.24) is 4.90 Å². The van der Waals surface area contributed by atoms with E-state index in [2.05, 4.69) is 4.90 Å². The van der Waals surface area contributed by atoms with Crippen LogP contribution in [0.3, 0.4) is 0 Å². The molecule has 2 aliphatic heterocycles. The zero-order valence-corrected chi connectivity index (χ0v) is 13.0. The molecule has 1 amide bonds. The Morgan fingerprint density at radius 1 is 1.23 bits per heavy atom. The molecule has 0 aliphatic carbocycles. The van der Waals surface area contributed by atoms with E-state index in [1.807, 2.05) is 6.92 Å². The number of ether oxygens (including phenoxy) is 1. The Morgan fingerprint density at radius 3 is 2.73 bits per heavy atom. The third kappa shape index (κ3) is 2.99. The summed E-state index contributed by atoms with van der Waals surface area (Å²) in [6.07, 6.45) is 2.94. The van der Waals surface area contributed by atoms with E-state index in [9.17, 15) is 9.59 Å². The number of nitrogens with zero attached hydrogens (tertiary/aromatic N) is 2. The molecule has 0 saturated carbocycles. The summed E-state index contributed by atoms with van der Waals surface area (Å²) in [4.78, 5) is 28.3. The number of benzene rings is 1. The van der Waals surface area contributed by atoms with Crippen LogP contribution in [0.15, 0.2) is 18.2 Å². The van der Waals surface area contributed by atoms with Crippen molar-refractivity contribution in [2.75, 3.05) is 37.7 Å². The van der Waals surface area contributed by atoms with Crippen LogP contribution in [-0.2, 0) is 4.79 Å². The first-order valence-corrected chi connectivity index (χ1v) is 8.02. The van der Waals surface area contributed by atoms with Crippen LogP contribution in [0.1, 0.15) is 36.5 Å². The molecule has 118 valence electrons. The minimum atomic E-state index is -0.0344. The van der Waals surface area contributed by atoms with Crippen LogP contribution in [0.25, 0.3) is 0 Å². The fraction of sp³-hybridized carbons (Fsp3) is 0.529. The number of carbonyl (C=O) groups is 2. The second-order valence-electron chi connectivity index (χ2n) is 5.84. The number of Topliss-reactive ketones (excluding diaryl/α,β-unsaturated/α-hetero) is 1. The van der Waals surface area contributed by atoms with Gasteiger partial charge in [-0.15, -0.1) is 0 Å². The maximum atomic E-state index is 12.2. The number of carbonyl (C=O) groups excluding carboxylic acids is 2. The first-order valence-electron chi connectivity index (χ1n) is 8.02. The molecule has 0 bridgehead atoms. The summed E-state index contributed by atoms with van der Waals surface area (Å²) >= 11 is 0. The van der Waals surface area contributed by atoms with Crippen molar-refractivity contribution in [3.63, 3.8) is 0 Å². The summed E-state index contributed by atoms with van der Waals surface area (Å²) in [6.45, 7) is 5.66. The maximum absolute atomic E-state index is 12.2. The molecule has 1 aromatic rings. The van der Waals surface area contributed by atoms with Crippen molar-refractivity contribution in [2.24, 2.45) is 0 Å². The average molecular weight is 302 g/mol. The first kappa shape index (κ1) is 15.0. The van der Waals surface area contributed by atoms with Gasteiger partial charge < -0.3 is 14.5 Å². The molecule has 5 nitrogen and oxygen atoms in total. The third-order valence-electron chi connectivity index (χ3n) is 4.38. The second-order valence-corrected chi connectivity index (χ2v) is 5.84. The summed E-state index contributed by atoms with van der Waals surface area (Å²) in [6, 6.07) is 5.37. The molecule has 0 aromatic heterocycles. The van der Waals surface area contributed by atoms with Gasteiger partial charge >= 0.3 is 0 Å². The Balaban J connectivity index is 1.80. The van der Waals surface area contributed by atoms with Gasteiger partial charge in [0.15, 0.2) is 12.4 Å². The number of likely N-dealkylation sites (tertiary alicyclic amines) is 1. The number of hydrogen-bond acceptors (Lipinski definition) is 4. The topological polar surface area (TPSA) is 49.9 Å². The lowest BCUT2D eigenvalue weighted by atomic mass is 10.1. The summed E-state index contributed by atoms with van der Waals surface area (Å²) < 4.78 is 5.49. The molecule has 0 unspecified atom stereocenters. The minimum Gasteiger partial charge on any atom is -0.482 e. The molecule has 0 radical (unpaired) electrons. The number of amides is 1. The van der Waals surface area contributed by atoms with Crippen molar-refractivity contribution in [3.8, 4) is 5.75 Å². The predicted molar refractivity (Wildman–Crippen MR) is 84.6 cm³/mol. The van der Waals surface area contributed by atoms with Crippen molar-refractivity contribution in [2.45, 2.75) is 26.2 Å². The van der Waals surface area contributed by atoms with E-state index in [1.165, 1.54) is 12.8 Å². The lowest BCUT2D eigenvalue weighted by molar-refractivity contribution is -0.121. The van der Waals surface area contributed by atoms with Gasteiger partial charge in [-0.3, -0.25) is 9.59 Å². The largest absolute Gasteiger partial charge is 0.482 e. The van der Waals surface area contributed by atoms with E-state index in [4.69, 9.17) is 4.74 Å². The van der Waals surface area contributed by atoms with Gasteiger partial charge in [0, 0.05) is 25.1 Å². The molecule has 1 fully saturated rings. The normalized spacial score (nSPS) is 18.2. The van der Waals surface area contributed by atoms with E-state index in [1.54, 1.807) is 23.1 Å². The molecule has 1 saturated heterocycles. The van der Waals surface area contributed by atoms with Crippen molar-refractivity contribution in [3.05, 3.63) is 23.8 Å². The van der Waals surface area contributed by atoms with E-state index in [0.29, 0.717) is 24.3 Å². The molecule has 5 heteroatoms. The van der Waals surface area contributed by atoms with Crippen LogP contribution in [-0.4, -0.2) is 49.4 Å². The number of ketones is 1. The van der Waals surface area contributed by atoms with Gasteiger partial charge in [-0.25, -0.2) is 0 Å². The van der Waals surface area contributed by atoms with Gasteiger partial charge in [-0.05, 0) is 44.1 Å². The van der Waals surface area contributed by atoms with E-state index < -0.39 is 0 Å². The molecule has 0 N–H and O–H groups in total. The number of fused-ring (bicyclic) bond motifs is 1.